The van der Waals surface area contributed by atoms with Crippen molar-refractivity contribution in [3.8, 4) is 0 Å². The number of carbonyl (C=O) groups excluding carboxylic acids is 2. The molecule has 120 valence electrons. The van der Waals surface area contributed by atoms with Crippen molar-refractivity contribution >= 4 is 17.6 Å². The molecule has 1 aliphatic rings. The average molecular weight is 305 g/mol. The largest absolute Gasteiger partial charge is 0.383 e. The van der Waals surface area contributed by atoms with Gasteiger partial charge in [0, 0.05) is 12.7 Å². The number of hydrogen-bond donors (Lipinski definition) is 2. The summed E-state index contributed by atoms with van der Waals surface area (Å²) >= 11 is 0. The van der Waals surface area contributed by atoms with Crippen molar-refractivity contribution in [1.29, 1.82) is 0 Å². The standard InChI is InChI=1S/C16H23N3O3/c1-11(2)12-6-5-8-17-15(12)18-14(21)10-19-9-4-3-7-13(20)16(19)22/h5-6,8,11,13,20H,3-4,7,9-10H2,1-2H3,(H,17,18,21). The average Bonchev–Trinajstić information content (AvgIpc) is 2.63. The Morgan fingerprint density at radius 2 is 2.27 bits per heavy atom. The third-order valence-electron chi connectivity index (χ3n) is 3.81. The zero-order valence-electron chi connectivity index (χ0n) is 13.1. The highest BCUT2D eigenvalue weighted by Gasteiger charge is 2.26. The van der Waals surface area contributed by atoms with E-state index in [1.807, 2.05) is 26.0 Å². The van der Waals surface area contributed by atoms with Gasteiger partial charge in [0.25, 0.3) is 5.91 Å². The molecule has 0 radical (unpaired) electrons. The van der Waals surface area contributed by atoms with E-state index in [1.54, 1.807) is 6.20 Å². The lowest BCUT2D eigenvalue weighted by molar-refractivity contribution is -0.141. The second-order valence-corrected chi connectivity index (χ2v) is 5.92. The van der Waals surface area contributed by atoms with E-state index in [9.17, 15) is 14.7 Å². The van der Waals surface area contributed by atoms with Gasteiger partial charge in [-0.2, -0.15) is 0 Å². The number of carbonyl (C=O) groups is 2. The lowest BCUT2D eigenvalue weighted by Gasteiger charge is -2.22. The number of aliphatic hydroxyl groups excluding tert-OH is 1. The minimum atomic E-state index is -0.989. The number of hydrogen-bond acceptors (Lipinski definition) is 4. The first-order valence-corrected chi connectivity index (χ1v) is 7.70. The molecule has 0 aliphatic carbocycles. The predicted octanol–water partition coefficient (Wildman–Crippen LogP) is 1.52. The number of aliphatic hydroxyl groups is 1. The smallest absolute Gasteiger partial charge is 0.251 e. The maximum Gasteiger partial charge on any atom is 0.251 e. The molecule has 1 fully saturated rings. The summed E-state index contributed by atoms with van der Waals surface area (Å²) in [4.78, 5) is 29.8. The molecule has 1 saturated heterocycles. The second kappa shape index (κ2) is 7.35. The van der Waals surface area contributed by atoms with E-state index in [0.717, 1.165) is 18.4 Å². The first kappa shape index (κ1) is 16.4. The van der Waals surface area contributed by atoms with Gasteiger partial charge in [-0.25, -0.2) is 4.98 Å². The van der Waals surface area contributed by atoms with Crippen LogP contribution in [0.3, 0.4) is 0 Å². The van der Waals surface area contributed by atoms with Crippen LogP contribution in [0.25, 0.3) is 0 Å². The number of rotatable bonds is 4. The fourth-order valence-corrected chi connectivity index (χ4v) is 2.57. The Hall–Kier alpha value is -1.95. The van der Waals surface area contributed by atoms with E-state index in [1.165, 1.54) is 4.90 Å². The molecule has 0 saturated carbocycles. The normalized spacial score (nSPS) is 19.2. The van der Waals surface area contributed by atoms with E-state index in [0.29, 0.717) is 18.8 Å². The van der Waals surface area contributed by atoms with Gasteiger partial charge in [0.15, 0.2) is 0 Å². The maximum atomic E-state index is 12.2. The highest BCUT2D eigenvalue weighted by atomic mass is 16.3. The zero-order valence-corrected chi connectivity index (χ0v) is 13.1. The number of amides is 2. The molecule has 2 amide bonds. The van der Waals surface area contributed by atoms with Gasteiger partial charge >= 0.3 is 0 Å². The number of nitrogens with zero attached hydrogens (tertiary/aromatic N) is 2. The van der Waals surface area contributed by atoms with Crippen LogP contribution in [-0.2, 0) is 9.59 Å². The molecule has 0 bridgehead atoms. The highest BCUT2D eigenvalue weighted by molar-refractivity contribution is 5.95. The van der Waals surface area contributed by atoms with Crippen molar-refractivity contribution in [2.45, 2.75) is 45.1 Å². The van der Waals surface area contributed by atoms with Gasteiger partial charge in [0.05, 0.1) is 6.54 Å². The van der Waals surface area contributed by atoms with Gasteiger partial charge in [-0.05, 0) is 36.8 Å². The molecule has 1 atom stereocenters. The van der Waals surface area contributed by atoms with Gasteiger partial charge in [0.1, 0.15) is 11.9 Å². The Labute approximate surface area is 130 Å². The topological polar surface area (TPSA) is 82.5 Å². The molecule has 2 N–H and O–H groups in total. The van der Waals surface area contributed by atoms with Gasteiger partial charge in [-0.1, -0.05) is 19.9 Å². The van der Waals surface area contributed by atoms with E-state index >= 15 is 0 Å². The van der Waals surface area contributed by atoms with E-state index in [-0.39, 0.29) is 24.3 Å². The van der Waals surface area contributed by atoms with E-state index in [4.69, 9.17) is 0 Å². The van der Waals surface area contributed by atoms with Crippen LogP contribution in [0.2, 0.25) is 0 Å². The number of nitrogens with one attached hydrogen (secondary N) is 1. The molecule has 2 heterocycles. The molecule has 6 heteroatoms. The summed E-state index contributed by atoms with van der Waals surface area (Å²) in [5.41, 5.74) is 0.957. The van der Waals surface area contributed by atoms with E-state index in [2.05, 4.69) is 10.3 Å². The van der Waals surface area contributed by atoms with Crippen molar-refractivity contribution in [3.63, 3.8) is 0 Å². The summed E-state index contributed by atoms with van der Waals surface area (Å²) in [6.45, 7) is 4.51. The van der Waals surface area contributed by atoms with Gasteiger partial charge in [-0.15, -0.1) is 0 Å². The Balaban J connectivity index is 2.02. The number of likely N-dealkylation sites (tertiary alicyclic amines) is 1. The molecule has 1 unspecified atom stereocenters. The lowest BCUT2D eigenvalue weighted by atomic mass is 10.0. The molecule has 2 rings (SSSR count). The summed E-state index contributed by atoms with van der Waals surface area (Å²) < 4.78 is 0. The Morgan fingerprint density at radius 3 is 3.00 bits per heavy atom. The number of pyridine rings is 1. The third kappa shape index (κ3) is 4.04. The quantitative estimate of drug-likeness (QED) is 0.883. The molecular weight excluding hydrogens is 282 g/mol. The van der Waals surface area contributed by atoms with Crippen molar-refractivity contribution in [3.05, 3.63) is 23.9 Å². The summed E-state index contributed by atoms with van der Waals surface area (Å²) in [7, 11) is 0. The maximum absolute atomic E-state index is 12.2. The van der Waals surface area contributed by atoms with Crippen molar-refractivity contribution in [1.82, 2.24) is 9.88 Å². The molecule has 1 aromatic rings. The van der Waals surface area contributed by atoms with E-state index < -0.39 is 6.10 Å². The minimum absolute atomic E-state index is 0.0516. The van der Waals surface area contributed by atoms with Crippen molar-refractivity contribution in [2.24, 2.45) is 0 Å². The fraction of sp³-hybridized carbons (Fsp3) is 0.562. The van der Waals surface area contributed by atoms with Gasteiger partial charge < -0.3 is 15.3 Å². The third-order valence-corrected chi connectivity index (χ3v) is 3.81. The molecule has 1 aliphatic heterocycles. The number of anilines is 1. The van der Waals surface area contributed by atoms with Crippen molar-refractivity contribution in [2.75, 3.05) is 18.4 Å². The van der Waals surface area contributed by atoms with Gasteiger partial charge in [-0.3, -0.25) is 9.59 Å². The van der Waals surface area contributed by atoms with Crippen LogP contribution in [0.1, 0.15) is 44.6 Å². The molecule has 22 heavy (non-hydrogen) atoms. The fourth-order valence-electron chi connectivity index (χ4n) is 2.57. The minimum Gasteiger partial charge on any atom is -0.383 e. The summed E-state index contributed by atoms with van der Waals surface area (Å²) in [5.74, 6) is 0.122. The molecule has 0 aromatic carbocycles. The molecule has 0 spiro atoms. The Morgan fingerprint density at radius 1 is 1.50 bits per heavy atom. The summed E-state index contributed by atoms with van der Waals surface area (Å²) in [6.07, 6.45) is 2.70. The molecule has 6 nitrogen and oxygen atoms in total. The molecular formula is C16H23N3O3. The Bertz CT molecular complexity index is 545. The van der Waals surface area contributed by atoms with Crippen LogP contribution in [-0.4, -0.2) is 46.0 Å². The van der Waals surface area contributed by atoms with Crippen molar-refractivity contribution < 1.29 is 14.7 Å². The number of aromatic nitrogens is 1. The van der Waals surface area contributed by atoms with Gasteiger partial charge in [0.2, 0.25) is 5.91 Å². The van der Waals surface area contributed by atoms with Crippen LogP contribution in [0.4, 0.5) is 5.82 Å². The first-order valence-electron chi connectivity index (χ1n) is 7.70. The van der Waals surface area contributed by atoms with Crippen LogP contribution in [0, 0.1) is 0 Å². The molecule has 1 aromatic heterocycles. The summed E-state index contributed by atoms with van der Waals surface area (Å²) in [6, 6.07) is 3.76. The zero-order chi connectivity index (χ0) is 16.1. The predicted molar refractivity (Wildman–Crippen MR) is 83.4 cm³/mol. The van der Waals surface area contributed by atoms with Crippen LogP contribution < -0.4 is 5.32 Å². The highest BCUT2D eigenvalue weighted by Crippen LogP contribution is 2.21. The summed E-state index contributed by atoms with van der Waals surface area (Å²) in [5, 5.41) is 12.5. The lowest BCUT2D eigenvalue weighted by Crippen LogP contribution is -2.42. The SMILES string of the molecule is CC(C)c1cccnc1NC(=O)CN1CCCCC(O)C1=O. The monoisotopic (exact) mass is 305 g/mol. The second-order valence-electron chi connectivity index (χ2n) is 5.92. The Kier molecular flexibility index (Phi) is 5.49. The van der Waals surface area contributed by atoms with Crippen LogP contribution in [0.5, 0.6) is 0 Å². The first-order chi connectivity index (χ1) is 10.5. The van der Waals surface area contributed by atoms with Crippen LogP contribution >= 0.6 is 0 Å². The van der Waals surface area contributed by atoms with Crippen LogP contribution in [0.15, 0.2) is 18.3 Å².